The van der Waals surface area contributed by atoms with Crippen molar-refractivity contribution in [3.63, 3.8) is 0 Å². The highest BCUT2D eigenvalue weighted by Gasteiger charge is 2.34. The van der Waals surface area contributed by atoms with Gasteiger partial charge in [0.25, 0.3) is 5.91 Å². The predicted molar refractivity (Wildman–Crippen MR) is 109 cm³/mol. The van der Waals surface area contributed by atoms with Crippen LogP contribution >= 0.6 is 11.6 Å². The quantitative estimate of drug-likeness (QED) is 0.609. The number of carbonyl (C=O) groups excluding carboxylic acids is 2. The number of ether oxygens (including phenoxy) is 1. The SMILES string of the molecule is CC(OC(=O)c1cc(=O)c2cc(Cl)ccc2o1)C(=O)N1c2ccccc2CC1C. The second-order valence-corrected chi connectivity index (χ2v) is 7.49. The molecule has 1 amide bonds. The molecule has 2 aromatic carbocycles. The lowest BCUT2D eigenvalue weighted by molar-refractivity contribution is -0.126. The summed E-state index contributed by atoms with van der Waals surface area (Å²) in [6.07, 6.45) is -0.299. The summed E-state index contributed by atoms with van der Waals surface area (Å²) >= 11 is 5.89. The Morgan fingerprint density at radius 2 is 1.97 bits per heavy atom. The number of halogens is 1. The van der Waals surface area contributed by atoms with E-state index >= 15 is 0 Å². The third kappa shape index (κ3) is 3.51. The molecule has 6 nitrogen and oxygen atoms in total. The fourth-order valence-corrected chi connectivity index (χ4v) is 3.77. The normalized spacial score (nSPS) is 16.5. The number of hydrogen-bond donors (Lipinski definition) is 0. The first-order chi connectivity index (χ1) is 13.8. The van der Waals surface area contributed by atoms with Crippen molar-refractivity contribution in [2.75, 3.05) is 4.90 Å². The van der Waals surface area contributed by atoms with Gasteiger partial charge < -0.3 is 14.1 Å². The van der Waals surface area contributed by atoms with Crippen LogP contribution in [0.4, 0.5) is 5.69 Å². The second kappa shape index (κ2) is 7.37. The van der Waals surface area contributed by atoms with Crippen LogP contribution in [0.1, 0.15) is 30.0 Å². The monoisotopic (exact) mass is 411 g/mol. The molecule has 148 valence electrons. The largest absolute Gasteiger partial charge is 0.449 e. The highest BCUT2D eigenvalue weighted by atomic mass is 35.5. The maximum atomic E-state index is 12.9. The summed E-state index contributed by atoms with van der Waals surface area (Å²) in [7, 11) is 0. The molecule has 0 fully saturated rings. The summed E-state index contributed by atoms with van der Waals surface area (Å²) in [6.45, 7) is 3.45. The van der Waals surface area contributed by atoms with Gasteiger partial charge in [-0.25, -0.2) is 4.79 Å². The van der Waals surface area contributed by atoms with Crippen LogP contribution in [0.3, 0.4) is 0 Å². The Morgan fingerprint density at radius 1 is 1.21 bits per heavy atom. The molecule has 2 atom stereocenters. The first-order valence-corrected chi connectivity index (χ1v) is 9.58. The molecule has 0 spiro atoms. The number of anilines is 1. The number of amides is 1. The van der Waals surface area contributed by atoms with Gasteiger partial charge in [0.2, 0.25) is 5.76 Å². The van der Waals surface area contributed by atoms with Crippen LogP contribution in [-0.2, 0) is 16.0 Å². The zero-order valence-corrected chi connectivity index (χ0v) is 16.6. The number of benzene rings is 2. The van der Waals surface area contributed by atoms with E-state index in [1.165, 1.54) is 19.1 Å². The minimum atomic E-state index is -1.04. The lowest BCUT2D eigenvalue weighted by Gasteiger charge is -2.25. The van der Waals surface area contributed by atoms with Crippen molar-refractivity contribution >= 4 is 40.1 Å². The van der Waals surface area contributed by atoms with Gasteiger partial charge in [-0.1, -0.05) is 29.8 Å². The summed E-state index contributed by atoms with van der Waals surface area (Å²) in [6, 6.07) is 13.2. The van der Waals surface area contributed by atoms with Gasteiger partial charge in [-0.05, 0) is 50.1 Å². The Bertz CT molecular complexity index is 1190. The van der Waals surface area contributed by atoms with Gasteiger partial charge in [-0.3, -0.25) is 9.59 Å². The average molecular weight is 412 g/mol. The van der Waals surface area contributed by atoms with Crippen LogP contribution < -0.4 is 10.3 Å². The fourth-order valence-electron chi connectivity index (χ4n) is 3.60. The highest BCUT2D eigenvalue weighted by molar-refractivity contribution is 6.31. The van der Waals surface area contributed by atoms with Crippen LogP contribution in [0.25, 0.3) is 11.0 Å². The maximum absolute atomic E-state index is 12.9. The van der Waals surface area contributed by atoms with Crippen molar-refractivity contribution in [3.8, 4) is 0 Å². The molecule has 2 unspecified atom stereocenters. The third-order valence-electron chi connectivity index (χ3n) is 4.97. The fraction of sp³-hybridized carbons (Fsp3) is 0.227. The van der Waals surface area contributed by atoms with Crippen LogP contribution in [0, 0.1) is 0 Å². The van der Waals surface area contributed by atoms with Crippen molar-refractivity contribution in [3.05, 3.63) is 75.1 Å². The summed E-state index contributed by atoms with van der Waals surface area (Å²) in [4.78, 5) is 39.4. The van der Waals surface area contributed by atoms with E-state index in [1.54, 1.807) is 11.0 Å². The molecule has 0 bridgehead atoms. The first-order valence-electron chi connectivity index (χ1n) is 9.20. The molecule has 1 aliphatic rings. The Hall–Kier alpha value is -3.12. The van der Waals surface area contributed by atoms with Crippen molar-refractivity contribution in [1.82, 2.24) is 0 Å². The van der Waals surface area contributed by atoms with E-state index in [-0.39, 0.29) is 28.7 Å². The molecule has 1 aliphatic heterocycles. The van der Waals surface area contributed by atoms with Gasteiger partial charge in [0.1, 0.15) is 5.58 Å². The maximum Gasteiger partial charge on any atom is 0.375 e. The van der Waals surface area contributed by atoms with Gasteiger partial charge in [0, 0.05) is 22.8 Å². The van der Waals surface area contributed by atoms with E-state index in [0.717, 1.165) is 23.7 Å². The van der Waals surface area contributed by atoms with Gasteiger partial charge in [-0.15, -0.1) is 0 Å². The Labute approximate surface area is 171 Å². The van der Waals surface area contributed by atoms with E-state index in [4.69, 9.17) is 20.8 Å². The average Bonchev–Trinajstić information content (AvgIpc) is 3.03. The van der Waals surface area contributed by atoms with E-state index in [2.05, 4.69) is 0 Å². The Kier molecular flexibility index (Phi) is 4.88. The van der Waals surface area contributed by atoms with E-state index in [1.807, 2.05) is 31.2 Å². The molecule has 2 heterocycles. The van der Waals surface area contributed by atoms with E-state index in [0.29, 0.717) is 5.02 Å². The van der Waals surface area contributed by atoms with Crippen molar-refractivity contribution in [2.45, 2.75) is 32.4 Å². The standard InChI is InChI=1S/C22H18ClNO5/c1-12-9-14-5-3-4-6-17(14)24(12)21(26)13(2)28-22(27)20-11-18(25)16-10-15(23)7-8-19(16)29-20/h3-8,10-13H,9H2,1-2H3. The molecule has 1 aromatic heterocycles. The van der Waals surface area contributed by atoms with Gasteiger partial charge in [0.15, 0.2) is 11.5 Å². The number of fused-ring (bicyclic) bond motifs is 2. The van der Waals surface area contributed by atoms with Gasteiger partial charge >= 0.3 is 5.97 Å². The molecular weight excluding hydrogens is 394 g/mol. The van der Waals surface area contributed by atoms with Crippen LogP contribution in [-0.4, -0.2) is 24.0 Å². The molecule has 0 aliphatic carbocycles. The van der Waals surface area contributed by atoms with Gasteiger partial charge in [-0.2, -0.15) is 0 Å². The van der Waals surface area contributed by atoms with E-state index in [9.17, 15) is 14.4 Å². The topological polar surface area (TPSA) is 76.8 Å². The number of nitrogens with zero attached hydrogens (tertiary/aromatic N) is 1. The lowest BCUT2D eigenvalue weighted by atomic mass is 10.1. The molecule has 0 saturated carbocycles. The van der Waals surface area contributed by atoms with Crippen molar-refractivity contribution < 1.29 is 18.7 Å². The predicted octanol–water partition coefficient (Wildman–Crippen LogP) is 3.97. The molecule has 3 aromatic rings. The Morgan fingerprint density at radius 3 is 2.76 bits per heavy atom. The molecule has 0 saturated heterocycles. The molecule has 7 heteroatoms. The highest BCUT2D eigenvalue weighted by Crippen LogP contribution is 2.32. The van der Waals surface area contributed by atoms with E-state index < -0.39 is 17.5 Å². The molecule has 29 heavy (non-hydrogen) atoms. The minimum absolute atomic E-state index is 0.0376. The molecule has 4 rings (SSSR count). The van der Waals surface area contributed by atoms with Crippen LogP contribution in [0.15, 0.2) is 57.7 Å². The van der Waals surface area contributed by atoms with Crippen molar-refractivity contribution in [2.24, 2.45) is 0 Å². The summed E-state index contributed by atoms with van der Waals surface area (Å²) in [5.41, 5.74) is 1.70. The second-order valence-electron chi connectivity index (χ2n) is 7.05. The van der Waals surface area contributed by atoms with Gasteiger partial charge in [0.05, 0.1) is 5.39 Å². The summed E-state index contributed by atoms with van der Waals surface area (Å²) < 4.78 is 10.8. The number of rotatable bonds is 3. The molecule has 0 radical (unpaired) electrons. The minimum Gasteiger partial charge on any atom is -0.449 e. The van der Waals surface area contributed by atoms with Crippen LogP contribution in [0.5, 0.6) is 0 Å². The lowest BCUT2D eigenvalue weighted by Crippen LogP contribution is -2.43. The molecular formula is C22H18ClNO5. The number of carbonyl (C=O) groups is 2. The Balaban J connectivity index is 1.56. The first kappa shape index (κ1) is 19.2. The zero-order chi connectivity index (χ0) is 20.7. The smallest absolute Gasteiger partial charge is 0.375 e. The van der Waals surface area contributed by atoms with Crippen molar-refractivity contribution in [1.29, 1.82) is 0 Å². The summed E-state index contributed by atoms with van der Waals surface area (Å²) in [5.74, 6) is -1.47. The summed E-state index contributed by atoms with van der Waals surface area (Å²) in [5, 5.41) is 0.653. The number of esters is 1. The number of hydrogen-bond acceptors (Lipinski definition) is 5. The third-order valence-corrected chi connectivity index (χ3v) is 5.20. The zero-order valence-electron chi connectivity index (χ0n) is 15.8. The molecule has 0 N–H and O–H groups in total. The van der Waals surface area contributed by atoms with Crippen LogP contribution in [0.2, 0.25) is 5.02 Å². The number of para-hydroxylation sites is 1.